The van der Waals surface area contributed by atoms with Gasteiger partial charge in [0.15, 0.2) is 15.4 Å². The zero-order chi connectivity index (χ0) is 24.9. The number of ether oxygens (including phenoxy) is 1. The Labute approximate surface area is 209 Å². The van der Waals surface area contributed by atoms with Crippen LogP contribution in [0, 0.1) is 0 Å². The minimum Gasteiger partial charge on any atom is -0.513 e. The van der Waals surface area contributed by atoms with Crippen LogP contribution in [0.2, 0.25) is 0 Å². The fourth-order valence-electron chi connectivity index (χ4n) is 2.72. The predicted octanol–water partition coefficient (Wildman–Crippen LogP) is 6.43. The molecule has 1 aromatic heterocycles. The van der Waals surface area contributed by atoms with Crippen LogP contribution in [0.5, 0.6) is 5.75 Å². The molecule has 34 heavy (non-hydrogen) atoms. The highest BCUT2D eigenvalue weighted by atomic mass is 32.2. The van der Waals surface area contributed by atoms with Gasteiger partial charge in [-0.1, -0.05) is 50.3 Å². The molecule has 0 bridgehead atoms. The van der Waals surface area contributed by atoms with Crippen molar-refractivity contribution >= 4 is 54.4 Å². The number of carbonyl (C=O) groups excluding carboxylic acids is 1. The number of fused-ring (bicyclic) bond motifs is 1. The summed E-state index contributed by atoms with van der Waals surface area (Å²) in [4.78, 5) is 20.6. The zero-order valence-electron chi connectivity index (χ0n) is 19.8. The maximum absolute atomic E-state index is 11.8. The summed E-state index contributed by atoms with van der Waals surface area (Å²) in [6, 6.07) is 13.6. The normalized spacial score (nSPS) is 11.0. The molecule has 182 valence electrons. The summed E-state index contributed by atoms with van der Waals surface area (Å²) in [7, 11) is 1.65. The maximum atomic E-state index is 11.8. The molecule has 4 N–H and O–H groups in total. The van der Waals surface area contributed by atoms with Crippen molar-refractivity contribution in [3.05, 3.63) is 60.4 Å². The number of aliphatic imine (C=N–C) groups is 1. The Kier molecular flexibility index (Phi) is 11.4. The number of thioether (sulfide) groups is 1. The number of methoxy groups -OCH3 is 1. The summed E-state index contributed by atoms with van der Waals surface area (Å²) < 4.78 is 6.34. The number of benzene rings is 2. The third-order valence-electron chi connectivity index (χ3n) is 4.30. The van der Waals surface area contributed by atoms with E-state index in [9.17, 15) is 4.79 Å². The number of hydrogen-bond acceptors (Lipinski definition) is 8. The molecule has 2 aromatic carbocycles. The molecule has 0 atom stereocenters. The number of aliphatic hydroxyl groups excluding tert-OH is 1. The average molecular weight is 501 g/mol. The smallest absolute Gasteiger partial charge is 0.197 e. The number of nitrogens with zero attached hydrogens (tertiary/aromatic N) is 2. The van der Waals surface area contributed by atoms with Gasteiger partial charge in [-0.05, 0) is 54.1 Å². The molecule has 0 aliphatic heterocycles. The second kappa shape index (κ2) is 14.3. The molecule has 0 fully saturated rings. The first kappa shape index (κ1) is 27.2. The summed E-state index contributed by atoms with van der Waals surface area (Å²) in [5.41, 5.74) is 8.61. The van der Waals surface area contributed by atoms with Crippen LogP contribution in [0.25, 0.3) is 10.2 Å². The molecule has 7 nitrogen and oxygen atoms in total. The standard InChI is InChI=1S/C22H24N4O3S2.C3H8/c1-14(27)3-10-20(28)31-21(23)25-16-6-4-15(5-7-16)11-12-24-22-26-18-9-8-17(29-2)13-19(18)30-22;1-3-2/h4-9,13,27H,1,3,10-12H2,2H3,(H2,23,25)(H,24,26);3H2,1-2H3. The van der Waals surface area contributed by atoms with Gasteiger partial charge < -0.3 is 20.9 Å². The van der Waals surface area contributed by atoms with E-state index in [4.69, 9.17) is 15.6 Å². The predicted molar refractivity (Wildman–Crippen MR) is 146 cm³/mol. The fraction of sp³-hybridized carbons (Fsp3) is 0.320. The second-order valence-corrected chi connectivity index (χ2v) is 9.50. The van der Waals surface area contributed by atoms with Gasteiger partial charge in [-0.2, -0.15) is 0 Å². The van der Waals surface area contributed by atoms with Gasteiger partial charge in [0, 0.05) is 19.4 Å². The molecule has 0 spiro atoms. The highest BCUT2D eigenvalue weighted by molar-refractivity contribution is 8.26. The lowest BCUT2D eigenvalue weighted by Gasteiger charge is -2.04. The first-order valence-corrected chi connectivity index (χ1v) is 12.7. The molecule has 0 radical (unpaired) electrons. The molecular formula is C25H32N4O3S2. The van der Waals surface area contributed by atoms with Gasteiger partial charge in [0.2, 0.25) is 0 Å². The van der Waals surface area contributed by atoms with Gasteiger partial charge in [0.05, 0.1) is 28.8 Å². The van der Waals surface area contributed by atoms with E-state index < -0.39 is 0 Å². The number of carbonyl (C=O) groups is 1. The quantitative estimate of drug-likeness (QED) is 0.176. The van der Waals surface area contributed by atoms with E-state index in [1.165, 1.54) is 6.42 Å². The number of nitrogens with two attached hydrogens (primary N) is 1. The van der Waals surface area contributed by atoms with Crippen molar-refractivity contribution in [2.75, 3.05) is 19.0 Å². The topological polar surface area (TPSA) is 110 Å². The molecule has 0 aliphatic rings. The first-order chi connectivity index (χ1) is 16.3. The second-order valence-electron chi connectivity index (χ2n) is 7.39. The first-order valence-electron chi connectivity index (χ1n) is 11.0. The van der Waals surface area contributed by atoms with E-state index in [2.05, 4.69) is 35.7 Å². The molecule has 3 rings (SSSR count). The van der Waals surface area contributed by atoms with Crippen LogP contribution in [-0.4, -0.2) is 34.0 Å². The van der Waals surface area contributed by atoms with Crippen LogP contribution in [0.4, 0.5) is 10.8 Å². The molecular weight excluding hydrogens is 468 g/mol. The SMILES string of the molecule is C=C(O)CCC(=O)SC(N)=Nc1ccc(CCNc2nc3ccc(OC)cc3s2)cc1.CCC. The van der Waals surface area contributed by atoms with E-state index in [1.807, 2.05) is 42.5 Å². The third kappa shape index (κ3) is 9.44. The van der Waals surface area contributed by atoms with Gasteiger partial charge in [-0.25, -0.2) is 9.98 Å². The number of hydrogen-bond donors (Lipinski definition) is 3. The van der Waals surface area contributed by atoms with Crippen LogP contribution in [0.3, 0.4) is 0 Å². The van der Waals surface area contributed by atoms with Crippen LogP contribution in [-0.2, 0) is 11.2 Å². The Morgan fingerprint density at radius 2 is 1.94 bits per heavy atom. The van der Waals surface area contributed by atoms with Crippen LogP contribution < -0.4 is 15.8 Å². The van der Waals surface area contributed by atoms with Gasteiger partial charge >= 0.3 is 0 Å². The highest BCUT2D eigenvalue weighted by Gasteiger charge is 2.07. The van der Waals surface area contributed by atoms with Crippen molar-refractivity contribution < 1.29 is 14.6 Å². The zero-order valence-corrected chi connectivity index (χ0v) is 21.5. The van der Waals surface area contributed by atoms with E-state index in [0.717, 1.165) is 51.4 Å². The molecule has 9 heteroatoms. The van der Waals surface area contributed by atoms with E-state index in [-0.39, 0.29) is 28.9 Å². The summed E-state index contributed by atoms with van der Waals surface area (Å²) in [5, 5.41) is 13.3. The van der Waals surface area contributed by atoms with Crippen LogP contribution in [0.15, 0.2) is 59.8 Å². The van der Waals surface area contributed by atoms with Gasteiger partial charge in [-0.3, -0.25) is 4.79 Å². The minimum absolute atomic E-state index is 0.0158. The number of nitrogens with one attached hydrogen (secondary N) is 1. The summed E-state index contributed by atoms with van der Waals surface area (Å²) in [5.74, 6) is 0.808. The Morgan fingerprint density at radius 3 is 2.59 bits per heavy atom. The van der Waals surface area contributed by atoms with Crippen molar-refractivity contribution in [2.45, 2.75) is 39.5 Å². The van der Waals surface area contributed by atoms with Crippen molar-refractivity contribution in [3.8, 4) is 5.75 Å². The molecule has 1 heterocycles. The number of aromatic nitrogens is 1. The van der Waals surface area contributed by atoms with E-state index in [0.29, 0.717) is 5.69 Å². The third-order valence-corrected chi connectivity index (χ3v) is 6.01. The Hall–Kier alpha value is -3.04. The number of thiazole rings is 1. The number of anilines is 1. The van der Waals surface area contributed by atoms with Crippen molar-refractivity contribution in [3.63, 3.8) is 0 Å². The lowest BCUT2D eigenvalue weighted by atomic mass is 10.1. The Bertz CT molecular complexity index is 1110. The number of rotatable bonds is 9. The Morgan fingerprint density at radius 1 is 1.24 bits per heavy atom. The number of aliphatic hydroxyl groups is 1. The molecule has 0 unspecified atom stereocenters. The van der Waals surface area contributed by atoms with Crippen LogP contribution >= 0.6 is 23.1 Å². The van der Waals surface area contributed by atoms with Crippen molar-refractivity contribution in [1.82, 2.24) is 4.98 Å². The van der Waals surface area contributed by atoms with E-state index >= 15 is 0 Å². The van der Waals surface area contributed by atoms with Crippen molar-refractivity contribution in [1.29, 1.82) is 0 Å². The lowest BCUT2D eigenvalue weighted by Crippen LogP contribution is -2.09. The van der Waals surface area contributed by atoms with Gasteiger partial charge in [0.25, 0.3) is 0 Å². The highest BCUT2D eigenvalue weighted by Crippen LogP contribution is 2.29. The average Bonchev–Trinajstić information content (AvgIpc) is 3.21. The monoisotopic (exact) mass is 500 g/mol. The molecule has 3 aromatic rings. The van der Waals surface area contributed by atoms with Crippen molar-refractivity contribution in [2.24, 2.45) is 10.7 Å². The lowest BCUT2D eigenvalue weighted by molar-refractivity contribution is -0.110. The molecule has 0 aliphatic carbocycles. The number of allylic oxidation sites excluding steroid dienone is 1. The van der Waals surface area contributed by atoms with Crippen LogP contribution in [0.1, 0.15) is 38.7 Å². The maximum Gasteiger partial charge on any atom is 0.197 e. The minimum atomic E-state index is -0.160. The Balaban J connectivity index is 0.00000129. The molecule has 0 saturated heterocycles. The largest absolute Gasteiger partial charge is 0.513 e. The molecule has 0 saturated carbocycles. The summed E-state index contributed by atoms with van der Waals surface area (Å²) >= 11 is 2.47. The fourth-order valence-corrected chi connectivity index (χ4v) is 4.23. The summed E-state index contributed by atoms with van der Waals surface area (Å²) in [6.45, 7) is 8.36. The number of amidine groups is 1. The summed E-state index contributed by atoms with van der Waals surface area (Å²) in [6.07, 6.45) is 2.48. The van der Waals surface area contributed by atoms with Gasteiger partial charge in [-0.15, -0.1) is 0 Å². The molecule has 0 amide bonds. The van der Waals surface area contributed by atoms with E-state index in [1.54, 1.807) is 18.4 Å². The van der Waals surface area contributed by atoms with Gasteiger partial charge in [0.1, 0.15) is 5.75 Å².